The van der Waals surface area contributed by atoms with E-state index in [2.05, 4.69) is 30.3 Å². The fourth-order valence-corrected chi connectivity index (χ4v) is 4.13. The van der Waals surface area contributed by atoms with Crippen molar-refractivity contribution in [3.8, 4) is 0 Å². The average Bonchev–Trinajstić information content (AvgIpc) is 2.97. The molecule has 2 nitrogen and oxygen atoms in total. The van der Waals surface area contributed by atoms with Crippen LogP contribution in [-0.4, -0.2) is 16.3 Å². The summed E-state index contributed by atoms with van der Waals surface area (Å²) in [4.78, 5) is 0. The molecule has 0 bridgehead atoms. The summed E-state index contributed by atoms with van der Waals surface area (Å²) in [6.07, 6.45) is 4.19. The van der Waals surface area contributed by atoms with Gasteiger partial charge in [-0.25, -0.2) is 0 Å². The lowest BCUT2D eigenvalue weighted by atomic mass is 9.86. The number of aliphatic hydroxyl groups excluding tert-OH is 2. The van der Waals surface area contributed by atoms with Crippen molar-refractivity contribution >= 4 is 27.6 Å². The van der Waals surface area contributed by atoms with Gasteiger partial charge in [0.1, 0.15) is 12.2 Å². The van der Waals surface area contributed by atoms with Crippen LogP contribution in [0.3, 0.4) is 0 Å². The number of hydrogen-bond donors (Lipinski definition) is 2. The lowest BCUT2D eigenvalue weighted by molar-refractivity contribution is 0.0471. The zero-order valence-corrected chi connectivity index (χ0v) is 12.1. The standard InChI is InChI=1S/C20H16O2/c21-18-9-8-14-16(20(18)22)7-6-13-15-5-4-11-2-1-3-12(19(11)15)10-17(13)14/h1-3,6-10,18,20-22H,4-5H2. The summed E-state index contributed by atoms with van der Waals surface area (Å²) in [7, 11) is 0. The topological polar surface area (TPSA) is 40.5 Å². The van der Waals surface area contributed by atoms with E-state index in [1.54, 1.807) is 6.08 Å². The second-order valence-corrected chi connectivity index (χ2v) is 6.33. The quantitative estimate of drug-likeness (QED) is 0.621. The van der Waals surface area contributed by atoms with E-state index in [1.807, 2.05) is 12.1 Å². The summed E-state index contributed by atoms with van der Waals surface area (Å²) in [6.45, 7) is 0. The SMILES string of the molecule is OC1C=Cc2c(ccc3c4c5c(cccc5cc23)CC4)C1O. The molecular weight excluding hydrogens is 272 g/mol. The smallest absolute Gasteiger partial charge is 0.109 e. The first kappa shape index (κ1) is 12.4. The Hall–Kier alpha value is -2.16. The molecule has 2 aliphatic carbocycles. The summed E-state index contributed by atoms with van der Waals surface area (Å²) >= 11 is 0. The Bertz CT molecular complexity index is 969. The summed E-state index contributed by atoms with van der Waals surface area (Å²) in [5, 5.41) is 25.2. The Balaban J connectivity index is 1.95. The van der Waals surface area contributed by atoms with E-state index in [-0.39, 0.29) is 0 Å². The molecule has 2 unspecified atom stereocenters. The minimum atomic E-state index is -0.833. The Labute approximate surface area is 128 Å². The first-order chi connectivity index (χ1) is 10.7. The molecule has 22 heavy (non-hydrogen) atoms. The maximum Gasteiger partial charge on any atom is 0.109 e. The van der Waals surface area contributed by atoms with E-state index >= 15 is 0 Å². The lowest BCUT2D eigenvalue weighted by Gasteiger charge is -2.23. The molecule has 0 fully saturated rings. The van der Waals surface area contributed by atoms with Crippen molar-refractivity contribution in [2.45, 2.75) is 25.0 Å². The molecule has 2 atom stereocenters. The molecule has 0 spiro atoms. The van der Waals surface area contributed by atoms with Crippen LogP contribution in [0.5, 0.6) is 0 Å². The van der Waals surface area contributed by atoms with Gasteiger partial charge in [0.2, 0.25) is 0 Å². The van der Waals surface area contributed by atoms with Crippen LogP contribution in [0.15, 0.2) is 42.5 Å². The summed E-state index contributed by atoms with van der Waals surface area (Å²) in [5.41, 5.74) is 4.74. The Morgan fingerprint density at radius 2 is 1.86 bits per heavy atom. The van der Waals surface area contributed by atoms with E-state index in [1.165, 1.54) is 32.7 Å². The maximum absolute atomic E-state index is 10.2. The van der Waals surface area contributed by atoms with Crippen LogP contribution in [0.4, 0.5) is 0 Å². The van der Waals surface area contributed by atoms with Gasteiger partial charge in [-0.1, -0.05) is 42.5 Å². The van der Waals surface area contributed by atoms with Crippen LogP contribution in [0.25, 0.3) is 27.6 Å². The third-order valence-electron chi connectivity index (χ3n) is 5.18. The minimum absolute atomic E-state index is 0.813. The van der Waals surface area contributed by atoms with Crippen molar-refractivity contribution in [1.29, 1.82) is 0 Å². The summed E-state index contributed by atoms with van der Waals surface area (Å²) in [6, 6.07) is 12.8. The highest BCUT2D eigenvalue weighted by Gasteiger charge is 2.25. The lowest BCUT2D eigenvalue weighted by Crippen LogP contribution is -2.19. The fourth-order valence-electron chi connectivity index (χ4n) is 4.13. The number of fused-ring (bicyclic) bond motifs is 4. The maximum atomic E-state index is 10.2. The molecule has 0 heterocycles. The van der Waals surface area contributed by atoms with Crippen LogP contribution < -0.4 is 0 Å². The molecule has 0 aliphatic heterocycles. The van der Waals surface area contributed by atoms with E-state index in [0.717, 1.165) is 24.0 Å². The average molecular weight is 288 g/mol. The van der Waals surface area contributed by atoms with Crippen molar-refractivity contribution in [3.63, 3.8) is 0 Å². The van der Waals surface area contributed by atoms with Gasteiger partial charge >= 0.3 is 0 Å². The zero-order valence-electron chi connectivity index (χ0n) is 12.1. The van der Waals surface area contributed by atoms with Gasteiger partial charge in [-0.05, 0) is 62.7 Å². The molecule has 2 heteroatoms. The van der Waals surface area contributed by atoms with E-state index in [9.17, 15) is 10.2 Å². The highest BCUT2D eigenvalue weighted by molar-refractivity contribution is 6.08. The van der Waals surface area contributed by atoms with Crippen LogP contribution in [-0.2, 0) is 12.8 Å². The van der Waals surface area contributed by atoms with Gasteiger partial charge in [-0.2, -0.15) is 0 Å². The van der Waals surface area contributed by atoms with Gasteiger partial charge < -0.3 is 10.2 Å². The first-order valence-electron chi connectivity index (χ1n) is 7.78. The summed E-state index contributed by atoms with van der Waals surface area (Å²) in [5.74, 6) is 0. The van der Waals surface area contributed by atoms with Crippen molar-refractivity contribution in [3.05, 3.63) is 64.7 Å². The highest BCUT2D eigenvalue weighted by atomic mass is 16.3. The molecule has 2 N–H and O–H groups in total. The van der Waals surface area contributed by atoms with Gasteiger partial charge in [-0.15, -0.1) is 0 Å². The van der Waals surface area contributed by atoms with E-state index < -0.39 is 12.2 Å². The molecule has 2 aliphatic rings. The predicted octanol–water partition coefficient (Wildman–Crippen LogP) is 3.51. The molecular formula is C20H16O2. The third kappa shape index (κ3) is 1.46. The molecule has 0 saturated heterocycles. The zero-order chi connectivity index (χ0) is 14.8. The number of aryl methyl sites for hydroxylation is 2. The van der Waals surface area contributed by atoms with Crippen LogP contribution in [0.2, 0.25) is 0 Å². The Morgan fingerprint density at radius 1 is 0.955 bits per heavy atom. The molecule has 108 valence electrons. The number of aliphatic hydroxyl groups is 2. The Kier molecular flexibility index (Phi) is 2.36. The molecule has 0 saturated carbocycles. The normalized spacial score (nSPS) is 22.5. The van der Waals surface area contributed by atoms with Gasteiger partial charge in [0, 0.05) is 0 Å². The van der Waals surface area contributed by atoms with Gasteiger partial charge in [-0.3, -0.25) is 0 Å². The van der Waals surface area contributed by atoms with Crippen LogP contribution >= 0.6 is 0 Å². The fraction of sp³-hybridized carbons (Fsp3) is 0.200. The van der Waals surface area contributed by atoms with Crippen LogP contribution in [0, 0.1) is 0 Å². The van der Waals surface area contributed by atoms with Crippen LogP contribution in [0.1, 0.15) is 28.4 Å². The molecule has 3 aromatic rings. The van der Waals surface area contributed by atoms with Crippen molar-refractivity contribution in [2.75, 3.05) is 0 Å². The number of hydrogen-bond acceptors (Lipinski definition) is 2. The second-order valence-electron chi connectivity index (χ2n) is 6.33. The summed E-state index contributed by atoms with van der Waals surface area (Å²) < 4.78 is 0. The molecule has 5 rings (SSSR count). The largest absolute Gasteiger partial charge is 0.386 e. The van der Waals surface area contributed by atoms with Gasteiger partial charge in [0.25, 0.3) is 0 Å². The number of benzene rings is 3. The predicted molar refractivity (Wildman–Crippen MR) is 88.9 cm³/mol. The van der Waals surface area contributed by atoms with Gasteiger partial charge in [0.05, 0.1) is 0 Å². The Morgan fingerprint density at radius 3 is 2.77 bits per heavy atom. The minimum Gasteiger partial charge on any atom is -0.386 e. The molecule has 3 aromatic carbocycles. The van der Waals surface area contributed by atoms with Gasteiger partial charge in [0.15, 0.2) is 0 Å². The molecule has 0 radical (unpaired) electrons. The van der Waals surface area contributed by atoms with Crippen molar-refractivity contribution < 1.29 is 10.2 Å². The van der Waals surface area contributed by atoms with E-state index in [4.69, 9.17) is 0 Å². The molecule has 0 amide bonds. The molecule has 0 aromatic heterocycles. The van der Waals surface area contributed by atoms with Crippen molar-refractivity contribution in [1.82, 2.24) is 0 Å². The van der Waals surface area contributed by atoms with Crippen molar-refractivity contribution in [2.24, 2.45) is 0 Å². The number of rotatable bonds is 0. The highest BCUT2D eigenvalue weighted by Crippen LogP contribution is 2.40. The monoisotopic (exact) mass is 288 g/mol. The van der Waals surface area contributed by atoms with E-state index in [0.29, 0.717) is 0 Å². The second kappa shape index (κ2) is 4.19. The first-order valence-corrected chi connectivity index (χ1v) is 7.78. The third-order valence-corrected chi connectivity index (χ3v) is 5.18.